The quantitative estimate of drug-likeness (QED) is 0.784. The van der Waals surface area contributed by atoms with E-state index >= 15 is 0 Å². The minimum atomic E-state index is 0.0849. The van der Waals surface area contributed by atoms with Crippen LogP contribution in [0.25, 0.3) is 0 Å². The first-order chi connectivity index (χ1) is 13.1. The molecule has 5 nitrogen and oxygen atoms in total. The highest BCUT2D eigenvalue weighted by molar-refractivity contribution is 5.77. The van der Waals surface area contributed by atoms with E-state index in [0.29, 0.717) is 13.1 Å². The number of benzene rings is 2. The minimum Gasteiger partial charge on any atom is -0.497 e. The van der Waals surface area contributed by atoms with Gasteiger partial charge < -0.3 is 19.7 Å². The molecule has 0 aromatic heterocycles. The number of quaternary nitrogens is 1. The van der Waals surface area contributed by atoms with E-state index in [-0.39, 0.29) is 11.9 Å². The van der Waals surface area contributed by atoms with Gasteiger partial charge in [-0.15, -0.1) is 0 Å². The summed E-state index contributed by atoms with van der Waals surface area (Å²) in [6.07, 6.45) is 3.23. The van der Waals surface area contributed by atoms with Gasteiger partial charge in [-0.05, 0) is 42.5 Å². The van der Waals surface area contributed by atoms with Crippen LogP contribution in [-0.4, -0.2) is 33.7 Å². The summed E-state index contributed by atoms with van der Waals surface area (Å²) in [4.78, 5) is 13.7. The number of fused-ring (bicyclic) bond motifs is 1. The third-order valence-electron chi connectivity index (χ3n) is 5.15. The van der Waals surface area contributed by atoms with Crippen LogP contribution in [0, 0.1) is 0 Å². The molecule has 0 aliphatic heterocycles. The third kappa shape index (κ3) is 4.80. The summed E-state index contributed by atoms with van der Waals surface area (Å²) >= 11 is 0. The van der Waals surface area contributed by atoms with Crippen LogP contribution in [0.15, 0.2) is 42.5 Å². The highest BCUT2D eigenvalue weighted by Gasteiger charge is 2.23. The van der Waals surface area contributed by atoms with E-state index in [2.05, 4.69) is 29.6 Å². The zero-order chi connectivity index (χ0) is 19.2. The van der Waals surface area contributed by atoms with Crippen LogP contribution in [0.3, 0.4) is 0 Å². The largest absolute Gasteiger partial charge is 0.497 e. The first-order valence-corrected chi connectivity index (χ1v) is 9.50. The Hall–Kier alpha value is -2.53. The molecule has 2 aromatic carbocycles. The Morgan fingerprint density at radius 2 is 2.00 bits per heavy atom. The monoisotopic (exact) mass is 369 g/mol. The maximum absolute atomic E-state index is 12.6. The summed E-state index contributed by atoms with van der Waals surface area (Å²) in [5.74, 6) is 1.64. The summed E-state index contributed by atoms with van der Waals surface area (Å²) in [7, 11) is 5.32. The van der Waals surface area contributed by atoms with Crippen LogP contribution in [0.2, 0.25) is 0 Å². The average molecular weight is 369 g/mol. The van der Waals surface area contributed by atoms with Crippen molar-refractivity contribution in [2.45, 2.75) is 31.8 Å². The molecule has 144 valence electrons. The molecule has 0 fully saturated rings. The predicted molar refractivity (Wildman–Crippen MR) is 105 cm³/mol. The lowest BCUT2D eigenvalue weighted by Crippen LogP contribution is -3.08. The SMILES string of the molecule is COc1ccc(C[NH+](C)CC(=O)N[C@H]2CCCc3ccccc32)c(OC)c1. The summed E-state index contributed by atoms with van der Waals surface area (Å²) in [6.45, 7) is 1.13. The number of aryl methyl sites for hydroxylation is 1. The van der Waals surface area contributed by atoms with Gasteiger partial charge in [-0.3, -0.25) is 4.79 Å². The summed E-state index contributed by atoms with van der Waals surface area (Å²) in [6, 6.07) is 14.4. The number of carbonyl (C=O) groups excluding carboxylic acids is 1. The normalized spacial score (nSPS) is 16.9. The highest BCUT2D eigenvalue weighted by atomic mass is 16.5. The first kappa shape index (κ1) is 19.2. The fraction of sp³-hybridized carbons (Fsp3) is 0.409. The molecule has 27 heavy (non-hydrogen) atoms. The molecule has 1 amide bonds. The third-order valence-corrected chi connectivity index (χ3v) is 5.15. The maximum Gasteiger partial charge on any atom is 0.275 e. The van der Waals surface area contributed by atoms with Gasteiger partial charge in [0, 0.05) is 11.6 Å². The smallest absolute Gasteiger partial charge is 0.275 e. The number of nitrogens with one attached hydrogen (secondary N) is 2. The zero-order valence-corrected chi connectivity index (χ0v) is 16.4. The van der Waals surface area contributed by atoms with Gasteiger partial charge in [0.2, 0.25) is 0 Å². The molecule has 1 aliphatic carbocycles. The number of rotatable bonds is 7. The van der Waals surface area contributed by atoms with E-state index in [1.165, 1.54) is 11.1 Å². The van der Waals surface area contributed by atoms with Crippen molar-refractivity contribution in [3.05, 3.63) is 59.2 Å². The molecule has 3 rings (SSSR count). The van der Waals surface area contributed by atoms with Crippen LogP contribution in [0.5, 0.6) is 11.5 Å². The van der Waals surface area contributed by atoms with E-state index < -0.39 is 0 Å². The number of methoxy groups -OCH3 is 2. The molecule has 5 heteroatoms. The van der Waals surface area contributed by atoms with E-state index in [1.807, 2.05) is 25.2 Å². The Bertz CT molecular complexity index is 791. The molecular formula is C22H29N2O3+. The molecule has 0 saturated heterocycles. The Morgan fingerprint density at radius 3 is 2.78 bits per heavy atom. The van der Waals surface area contributed by atoms with E-state index in [9.17, 15) is 4.79 Å². The minimum absolute atomic E-state index is 0.0849. The predicted octanol–water partition coefficient (Wildman–Crippen LogP) is 1.91. The molecular weight excluding hydrogens is 340 g/mol. The molecule has 0 saturated carbocycles. The molecule has 0 heterocycles. The van der Waals surface area contributed by atoms with Crippen molar-refractivity contribution < 1.29 is 19.2 Å². The number of amides is 1. The van der Waals surface area contributed by atoms with Gasteiger partial charge in [0.05, 0.1) is 27.3 Å². The topological polar surface area (TPSA) is 52.0 Å². The summed E-state index contributed by atoms with van der Waals surface area (Å²) in [5.41, 5.74) is 3.69. The van der Waals surface area contributed by atoms with Gasteiger partial charge in [0.15, 0.2) is 6.54 Å². The van der Waals surface area contributed by atoms with Crippen molar-refractivity contribution in [3.8, 4) is 11.5 Å². The number of hydrogen-bond acceptors (Lipinski definition) is 3. The Kier molecular flexibility index (Phi) is 6.35. The second-order valence-electron chi connectivity index (χ2n) is 7.20. The average Bonchev–Trinajstić information content (AvgIpc) is 2.68. The molecule has 0 bridgehead atoms. The molecule has 2 aromatic rings. The fourth-order valence-electron chi connectivity index (χ4n) is 3.81. The lowest BCUT2D eigenvalue weighted by molar-refractivity contribution is -0.885. The zero-order valence-electron chi connectivity index (χ0n) is 16.4. The molecule has 2 N–H and O–H groups in total. The highest BCUT2D eigenvalue weighted by Crippen LogP contribution is 2.29. The second-order valence-corrected chi connectivity index (χ2v) is 7.20. The van der Waals surface area contributed by atoms with Gasteiger partial charge in [0.1, 0.15) is 18.0 Å². The van der Waals surface area contributed by atoms with Crippen molar-refractivity contribution in [1.29, 1.82) is 0 Å². The van der Waals surface area contributed by atoms with E-state index in [1.54, 1.807) is 14.2 Å². The van der Waals surface area contributed by atoms with E-state index in [0.717, 1.165) is 41.2 Å². The maximum atomic E-state index is 12.6. The lowest BCUT2D eigenvalue weighted by Gasteiger charge is -2.26. The molecule has 1 aliphatic rings. The molecule has 0 spiro atoms. The van der Waals surface area contributed by atoms with Gasteiger partial charge in [-0.25, -0.2) is 0 Å². The Labute approximate surface area is 161 Å². The van der Waals surface area contributed by atoms with Crippen LogP contribution in [0.4, 0.5) is 0 Å². The van der Waals surface area contributed by atoms with Crippen molar-refractivity contribution in [2.75, 3.05) is 27.8 Å². The van der Waals surface area contributed by atoms with Crippen LogP contribution in [-0.2, 0) is 17.8 Å². The van der Waals surface area contributed by atoms with Gasteiger partial charge in [-0.2, -0.15) is 0 Å². The standard InChI is InChI=1S/C22H28N2O3/c1-24(14-17-11-12-18(26-2)13-21(17)27-3)15-22(25)23-20-10-6-8-16-7-4-5-9-19(16)20/h4-5,7,9,11-13,20H,6,8,10,14-15H2,1-3H3,(H,23,25)/p+1/t20-/m0/s1. The number of ether oxygens (including phenoxy) is 2. The Morgan fingerprint density at radius 1 is 1.19 bits per heavy atom. The molecule has 1 unspecified atom stereocenters. The fourth-order valence-corrected chi connectivity index (χ4v) is 3.81. The van der Waals surface area contributed by atoms with Gasteiger partial charge in [0.25, 0.3) is 5.91 Å². The second kappa shape index (κ2) is 8.91. The number of hydrogen-bond donors (Lipinski definition) is 2. The summed E-state index contributed by atoms with van der Waals surface area (Å²) in [5, 5.41) is 3.23. The first-order valence-electron chi connectivity index (χ1n) is 9.50. The van der Waals surface area contributed by atoms with E-state index in [4.69, 9.17) is 9.47 Å². The van der Waals surface area contributed by atoms with Crippen LogP contribution < -0.4 is 19.7 Å². The molecule has 2 atom stereocenters. The number of likely N-dealkylation sites (N-methyl/N-ethyl adjacent to an activating group) is 1. The van der Waals surface area contributed by atoms with Crippen molar-refractivity contribution in [1.82, 2.24) is 5.32 Å². The van der Waals surface area contributed by atoms with Gasteiger partial charge >= 0.3 is 0 Å². The van der Waals surface area contributed by atoms with Crippen molar-refractivity contribution in [2.24, 2.45) is 0 Å². The Balaban J connectivity index is 1.59. The van der Waals surface area contributed by atoms with Gasteiger partial charge in [-0.1, -0.05) is 24.3 Å². The number of carbonyl (C=O) groups is 1. The lowest BCUT2D eigenvalue weighted by atomic mass is 9.88. The van der Waals surface area contributed by atoms with Crippen LogP contribution >= 0.6 is 0 Å². The summed E-state index contributed by atoms with van der Waals surface area (Å²) < 4.78 is 10.7. The van der Waals surface area contributed by atoms with Crippen molar-refractivity contribution in [3.63, 3.8) is 0 Å². The van der Waals surface area contributed by atoms with Crippen molar-refractivity contribution >= 4 is 5.91 Å². The molecule has 0 radical (unpaired) electrons. The van der Waals surface area contributed by atoms with Crippen LogP contribution in [0.1, 0.15) is 35.6 Å².